The van der Waals surface area contributed by atoms with Crippen LogP contribution in [0.4, 0.5) is 20.7 Å². The Morgan fingerprint density at radius 1 is 0.609 bits per heavy atom. The number of carboxylic acid groups (broad SMARTS) is 2. The zero-order valence-electron chi connectivity index (χ0n) is 39.2. The fourth-order valence-electron chi connectivity index (χ4n) is 6.09. The van der Waals surface area contributed by atoms with E-state index in [-0.39, 0.29) is 74.3 Å². The number of carbonyl (C=O) groups is 2. The molecule has 0 unspecified atom stereocenters. The Labute approximate surface area is 431 Å². The van der Waals surface area contributed by atoms with Crippen LogP contribution in [0.5, 0.6) is 0 Å². The Balaban J connectivity index is 0.000000657. The van der Waals surface area contributed by atoms with E-state index >= 15 is 0 Å². The second-order valence-electron chi connectivity index (χ2n) is 16.0. The molecular weight excluding hydrogens is 973 g/mol. The second kappa shape index (κ2) is 28.3. The van der Waals surface area contributed by atoms with Gasteiger partial charge in [-0.3, -0.25) is 9.59 Å². The molecule has 0 aliphatic rings. The number of carboxylic acids is 2. The van der Waals surface area contributed by atoms with Gasteiger partial charge < -0.3 is 36.4 Å². The molecule has 0 spiro atoms. The SMILES string of the molecule is CC(C)c1nc(N(C)S(C)(=O)=O)nc(-c2ccc(F)cc2)c1C=C[C@@H](O)C[C@@H](O)CC(=O)O.CC(C)c1nc(N(C)S(C)(=O)=O)nc(-c2ccc(F)cc2)c1C=C[C@@H](O)C[C@@H](O)CC(=O)O.CN.[CaH2]. The Morgan fingerprint density at radius 3 is 1.14 bits per heavy atom. The van der Waals surface area contributed by atoms with Crippen LogP contribution in [0, 0.1) is 11.6 Å². The molecule has 0 radical (unpaired) electrons. The van der Waals surface area contributed by atoms with Gasteiger partial charge in [0, 0.05) is 49.2 Å². The predicted molar refractivity (Wildman–Crippen MR) is 264 cm³/mol. The van der Waals surface area contributed by atoms with Gasteiger partial charge in [0.25, 0.3) is 0 Å². The molecule has 0 amide bonds. The number of sulfonamides is 2. The van der Waals surface area contributed by atoms with Crippen LogP contribution < -0.4 is 14.3 Å². The molecule has 4 rings (SSSR count). The summed E-state index contributed by atoms with van der Waals surface area (Å²) >= 11 is 0. The fourth-order valence-corrected chi connectivity index (χ4v) is 6.85. The third-order valence-corrected chi connectivity index (χ3v) is 11.9. The van der Waals surface area contributed by atoms with Crippen molar-refractivity contribution in [2.75, 3.05) is 42.3 Å². The van der Waals surface area contributed by atoms with Gasteiger partial charge in [-0.1, -0.05) is 52.0 Å². The first kappa shape index (κ1) is 62.5. The molecule has 0 aliphatic heterocycles. The van der Waals surface area contributed by atoms with Gasteiger partial charge in [-0.15, -0.1) is 0 Å². The second-order valence-corrected chi connectivity index (χ2v) is 20.0. The third kappa shape index (κ3) is 20.0. The summed E-state index contributed by atoms with van der Waals surface area (Å²) in [6, 6.07) is 11.0. The van der Waals surface area contributed by atoms with Gasteiger partial charge in [-0.05, 0) is 67.4 Å². The number of nitrogens with zero attached hydrogens (tertiary/aromatic N) is 6. The molecule has 0 bridgehead atoms. The standard InChI is InChI=1S/2C22H28FN3O6S.CH5N.Ca.2H/c2*1-13(2)20-18(10-9-16(27)11-17(28)12-19(29)30)21(14-5-7-15(23)8-6-14)25-22(24-20)26(3)33(4,31)32;1-2;;;/h2*5-10,13,16-17,27-28H,11-12H2,1-4H3,(H,29,30);2H2,1H3;;;/t2*16-,17-;;;;/m11..../s1. The topological polar surface area (TPSA) is 308 Å². The third-order valence-electron chi connectivity index (χ3n) is 9.63. The van der Waals surface area contributed by atoms with Crippen molar-refractivity contribution >= 4 is 93.8 Å². The van der Waals surface area contributed by atoms with E-state index in [2.05, 4.69) is 25.7 Å². The Kier molecular flexibility index (Phi) is 25.6. The number of hydrogen-bond acceptors (Lipinski definition) is 15. The normalized spacial score (nSPS) is 13.4. The van der Waals surface area contributed by atoms with Gasteiger partial charge in [0.2, 0.25) is 31.9 Å². The minimum atomic E-state index is -3.65. The minimum absolute atomic E-state index is 0. The first-order chi connectivity index (χ1) is 31.6. The van der Waals surface area contributed by atoms with Crippen molar-refractivity contribution in [3.05, 3.63) is 94.8 Å². The summed E-state index contributed by atoms with van der Waals surface area (Å²) in [7, 11) is -3.15. The zero-order chi connectivity index (χ0) is 51.8. The van der Waals surface area contributed by atoms with Crippen LogP contribution in [0.15, 0.2) is 60.7 Å². The Hall–Kier alpha value is -4.56. The number of rotatable bonds is 20. The van der Waals surface area contributed by atoms with E-state index in [9.17, 15) is 55.6 Å². The van der Waals surface area contributed by atoms with Crippen LogP contribution >= 0.6 is 0 Å². The van der Waals surface area contributed by atoms with Gasteiger partial charge in [0.15, 0.2) is 0 Å². The summed E-state index contributed by atoms with van der Waals surface area (Å²) < 4.78 is 77.2. The average molecular weight is 1040 g/mol. The van der Waals surface area contributed by atoms with E-state index in [1.165, 1.54) is 94.0 Å². The molecule has 0 aliphatic carbocycles. The molecule has 2 heterocycles. The predicted octanol–water partition coefficient (Wildman–Crippen LogP) is 3.46. The van der Waals surface area contributed by atoms with Crippen molar-refractivity contribution < 1.29 is 65.8 Å². The average Bonchev–Trinajstić information content (AvgIpc) is 3.24. The van der Waals surface area contributed by atoms with Crippen LogP contribution in [0.3, 0.4) is 0 Å². The summed E-state index contributed by atoms with van der Waals surface area (Å²) in [4.78, 5) is 39.1. The molecule has 2 aromatic heterocycles. The first-order valence-electron chi connectivity index (χ1n) is 20.9. The summed E-state index contributed by atoms with van der Waals surface area (Å²) in [5.74, 6) is -3.74. The summed E-state index contributed by atoms with van der Waals surface area (Å²) in [5, 5.41) is 57.6. The zero-order valence-corrected chi connectivity index (χ0v) is 40.8. The monoisotopic (exact) mass is 1040 g/mol. The Bertz CT molecular complexity index is 2430. The number of aliphatic hydroxyl groups excluding tert-OH is 4. The number of aromatic nitrogens is 4. The molecule has 8 N–H and O–H groups in total. The quantitative estimate of drug-likeness (QED) is 0.0624. The molecule has 4 aromatic rings. The van der Waals surface area contributed by atoms with Crippen LogP contribution in [-0.4, -0.2) is 175 Å². The molecule has 4 atom stereocenters. The maximum atomic E-state index is 13.5. The van der Waals surface area contributed by atoms with Crippen LogP contribution in [0.1, 0.15) is 87.7 Å². The number of halogens is 2. The number of aliphatic hydroxyl groups is 4. The van der Waals surface area contributed by atoms with E-state index in [1.54, 1.807) is 0 Å². The number of hydrogen-bond donors (Lipinski definition) is 7. The maximum absolute atomic E-state index is 13.5. The van der Waals surface area contributed by atoms with Gasteiger partial charge >= 0.3 is 49.7 Å². The summed E-state index contributed by atoms with van der Waals surface area (Å²) in [5.41, 5.74) is 8.10. The van der Waals surface area contributed by atoms with Gasteiger partial charge in [-0.2, -0.15) is 0 Å². The van der Waals surface area contributed by atoms with E-state index in [4.69, 9.17) is 10.2 Å². The summed E-state index contributed by atoms with van der Waals surface area (Å²) in [6.45, 7) is 7.41. The molecule has 69 heavy (non-hydrogen) atoms. The molecular formula is C45H63CaF2N7O12S2. The van der Waals surface area contributed by atoms with Gasteiger partial charge in [0.1, 0.15) is 11.6 Å². The van der Waals surface area contributed by atoms with Crippen molar-refractivity contribution in [3.8, 4) is 22.5 Å². The first-order valence-corrected chi connectivity index (χ1v) is 24.6. The number of anilines is 2. The van der Waals surface area contributed by atoms with E-state index < -0.39 is 80.9 Å². The molecule has 378 valence electrons. The number of nitrogens with two attached hydrogens (primary N) is 1. The van der Waals surface area contributed by atoms with Crippen molar-refractivity contribution in [1.29, 1.82) is 0 Å². The van der Waals surface area contributed by atoms with E-state index in [1.807, 2.05) is 27.7 Å². The van der Waals surface area contributed by atoms with Crippen molar-refractivity contribution in [2.24, 2.45) is 5.73 Å². The van der Waals surface area contributed by atoms with E-state index in [0.29, 0.717) is 45.0 Å². The van der Waals surface area contributed by atoms with Crippen molar-refractivity contribution in [3.63, 3.8) is 0 Å². The van der Waals surface area contributed by atoms with Crippen molar-refractivity contribution in [2.45, 2.75) is 89.6 Å². The molecule has 0 fully saturated rings. The van der Waals surface area contributed by atoms with Crippen LogP contribution in [0.2, 0.25) is 0 Å². The number of aliphatic carboxylic acids is 2. The number of benzene rings is 2. The van der Waals surface area contributed by atoms with Crippen LogP contribution in [-0.2, 0) is 29.6 Å². The van der Waals surface area contributed by atoms with Gasteiger partial charge in [0.05, 0.1) is 72.5 Å². The molecule has 0 saturated heterocycles. The van der Waals surface area contributed by atoms with Crippen LogP contribution in [0.25, 0.3) is 34.7 Å². The molecule has 24 heteroatoms. The fraction of sp³-hybridized carbons (Fsp3) is 0.422. The molecule has 2 aromatic carbocycles. The van der Waals surface area contributed by atoms with Crippen molar-refractivity contribution in [1.82, 2.24) is 19.9 Å². The van der Waals surface area contributed by atoms with E-state index in [0.717, 1.165) is 21.1 Å². The van der Waals surface area contributed by atoms with Gasteiger partial charge in [-0.25, -0.2) is 54.2 Å². The summed E-state index contributed by atoms with van der Waals surface area (Å²) in [6.07, 6.45) is 1.72. The molecule has 0 saturated carbocycles. The molecule has 19 nitrogen and oxygen atoms in total. The Morgan fingerprint density at radius 2 is 0.899 bits per heavy atom.